The summed E-state index contributed by atoms with van der Waals surface area (Å²) in [6.45, 7) is 1.71. The predicted molar refractivity (Wildman–Crippen MR) is 81.3 cm³/mol. The van der Waals surface area contributed by atoms with Crippen LogP contribution in [-0.2, 0) is 9.84 Å². The lowest BCUT2D eigenvalue weighted by Crippen LogP contribution is -2.08. The van der Waals surface area contributed by atoms with Crippen molar-refractivity contribution in [2.45, 2.75) is 16.7 Å². The standard InChI is InChI=1S/C14H12ClNO5S/c1-9-6-7-12(21-2)13(8-9)22(19,20)14-10(15)4-3-5-11(14)16(17)18/h3-8H,1-2H3. The van der Waals surface area contributed by atoms with Crippen LogP contribution < -0.4 is 4.74 Å². The molecule has 0 bridgehead atoms. The van der Waals surface area contributed by atoms with Crippen LogP contribution in [0, 0.1) is 17.0 Å². The SMILES string of the molecule is COc1ccc(C)cc1S(=O)(=O)c1c(Cl)cccc1[N+](=O)[O-]. The van der Waals surface area contributed by atoms with Crippen molar-refractivity contribution in [3.05, 3.63) is 57.1 Å². The van der Waals surface area contributed by atoms with Gasteiger partial charge in [-0.3, -0.25) is 10.1 Å². The fraction of sp³-hybridized carbons (Fsp3) is 0.143. The molecule has 0 spiro atoms. The molecule has 0 aliphatic heterocycles. The minimum atomic E-state index is -4.21. The maximum Gasteiger partial charge on any atom is 0.289 e. The monoisotopic (exact) mass is 341 g/mol. The first-order chi connectivity index (χ1) is 10.3. The Morgan fingerprint density at radius 1 is 1.23 bits per heavy atom. The Balaban J connectivity index is 2.83. The van der Waals surface area contributed by atoms with E-state index < -0.39 is 25.3 Å². The van der Waals surface area contributed by atoms with Crippen molar-refractivity contribution in [1.82, 2.24) is 0 Å². The summed E-state index contributed by atoms with van der Waals surface area (Å²) < 4.78 is 30.7. The van der Waals surface area contributed by atoms with Gasteiger partial charge in [-0.25, -0.2) is 8.42 Å². The molecule has 22 heavy (non-hydrogen) atoms. The fourth-order valence-electron chi connectivity index (χ4n) is 2.01. The molecule has 0 unspecified atom stereocenters. The molecule has 116 valence electrons. The molecular weight excluding hydrogens is 330 g/mol. The van der Waals surface area contributed by atoms with E-state index in [0.717, 1.165) is 6.07 Å². The van der Waals surface area contributed by atoms with Crippen LogP contribution in [0.5, 0.6) is 5.75 Å². The maximum atomic E-state index is 12.8. The Kier molecular flexibility index (Phi) is 4.39. The Hall–Kier alpha value is -2.12. The highest BCUT2D eigenvalue weighted by atomic mass is 35.5. The van der Waals surface area contributed by atoms with E-state index in [1.807, 2.05) is 0 Å². The fourth-order valence-corrected chi connectivity index (χ4v) is 4.21. The second-order valence-corrected chi connectivity index (χ2v) is 6.77. The Labute approximate surface area is 132 Å². The van der Waals surface area contributed by atoms with E-state index in [4.69, 9.17) is 16.3 Å². The largest absolute Gasteiger partial charge is 0.495 e. The number of ether oxygens (including phenoxy) is 1. The number of sulfone groups is 1. The molecule has 8 heteroatoms. The molecule has 0 atom stereocenters. The van der Waals surface area contributed by atoms with E-state index in [1.165, 1.54) is 31.4 Å². The summed E-state index contributed by atoms with van der Waals surface area (Å²) in [4.78, 5) is 9.65. The third-order valence-electron chi connectivity index (χ3n) is 3.02. The molecular formula is C14H12ClNO5S. The quantitative estimate of drug-likeness (QED) is 0.628. The summed E-state index contributed by atoms with van der Waals surface area (Å²) in [6.07, 6.45) is 0. The highest BCUT2D eigenvalue weighted by molar-refractivity contribution is 7.91. The second kappa shape index (κ2) is 5.94. The van der Waals surface area contributed by atoms with Crippen molar-refractivity contribution < 1.29 is 18.1 Å². The summed E-state index contributed by atoms with van der Waals surface area (Å²) in [6, 6.07) is 8.28. The van der Waals surface area contributed by atoms with Crippen LogP contribution in [0.1, 0.15) is 5.56 Å². The molecule has 0 amide bonds. The minimum absolute atomic E-state index is 0.0971. The van der Waals surface area contributed by atoms with Crippen LogP contribution in [0.2, 0.25) is 5.02 Å². The van der Waals surface area contributed by atoms with Gasteiger partial charge >= 0.3 is 0 Å². The lowest BCUT2D eigenvalue weighted by molar-refractivity contribution is -0.387. The van der Waals surface area contributed by atoms with Gasteiger partial charge in [0.15, 0.2) is 4.90 Å². The number of hydrogen-bond donors (Lipinski definition) is 0. The average molecular weight is 342 g/mol. The van der Waals surface area contributed by atoms with Crippen molar-refractivity contribution in [2.75, 3.05) is 7.11 Å². The van der Waals surface area contributed by atoms with Crippen molar-refractivity contribution >= 4 is 27.1 Å². The summed E-state index contributed by atoms with van der Waals surface area (Å²) in [7, 11) is -2.89. The third-order valence-corrected chi connectivity index (χ3v) is 5.31. The first-order valence-electron chi connectivity index (χ1n) is 6.11. The van der Waals surface area contributed by atoms with Crippen molar-refractivity contribution in [1.29, 1.82) is 0 Å². The van der Waals surface area contributed by atoms with Crippen LogP contribution in [0.4, 0.5) is 5.69 Å². The zero-order chi connectivity index (χ0) is 16.5. The van der Waals surface area contributed by atoms with E-state index in [2.05, 4.69) is 0 Å². The maximum absolute atomic E-state index is 12.8. The van der Waals surface area contributed by atoms with Gasteiger partial charge in [-0.2, -0.15) is 0 Å². The summed E-state index contributed by atoms with van der Waals surface area (Å²) in [5, 5.41) is 10.9. The second-order valence-electron chi connectivity index (χ2n) is 4.50. The van der Waals surface area contributed by atoms with Crippen molar-refractivity contribution in [3.63, 3.8) is 0 Å². The molecule has 2 rings (SSSR count). The topological polar surface area (TPSA) is 86.5 Å². The molecule has 0 N–H and O–H groups in total. The van der Waals surface area contributed by atoms with Gasteiger partial charge in [-0.15, -0.1) is 0 Å². The van der Waals surface area contributed by atoms with Crippen LogP contribution >= 0.6 is 11.6 Å². The number of benzene rings is 2. The smallest absolute Gasteiger partial charge is 0.289 e. The lowest BCUT2D eigenvalue weighted by atomic mass is 10.2. The number of methoxy groups -OCH3 is 1. The van der Waals surface area contributed by atoms with Crippen LogP contribution in [-0.4, -0.2) is 20.5 Å². The number of rotatable bonds is 4. The number of nitrogens with zero attached hydrogens (tertiary/aromatic N) is 1. The van der Waals surface area contributed by atoms with Gasteiger partial charge in [0, 0.05) is 6.07 Å². The highest BCUT2D eigenvalue weighted by Gasteiger charge is 2.32. The molecule has 0 heterocycles. The molecule has 0 radical (unpaired) electrons. The number of halogens is 1. The van der Waals surface area contributed by atoms with E-state index in [9.17, 15) is 18.5 Å². The van der Waals surface area contributed by atoms with E-state index in [-0.39, 0.29) is 15.7 Å². The van der Waals surface area contributed by atoms with E-state index >= 15 is 0 Å². The molecule has 0 aromatic heterocycles. The van der Waals surface area contributed by atoms with Gasteiger partial charge in [0.2, 0.25) is 9.84 Å². The van der Waals surface area contributed by atoms with Crippen molar-refractivity contribution in [2.24, 2.45) is 0 Å². The van der Waals surface area contributed by atoms with Gasteiger partial charge in [0.05, 0.1) is 17.1 Å². The zero-order valence-corrected chi connectivity index (χ0v) is 13.3. The van der Waals surface area contributed by atoms with Crippen LogP contribution in [0.3, 0.4) is 0 Å². The van der Waals surface area contributed by atoms with Gasteiger partial charge in [-0.05, 0) is 30.7 Å². The normalized spacial score (nSPS) is 11.2. The molecule has 2 aromatic carbocycles. The number of nitro benzene ring substituents is 1. The van der Waals surface area contributed by atoms with Crippen LogP contribution in [0.15, 0.2) is 46.2 Å². The van der Waals surface area contributed by atoms with Crippen LogP contribution in [0.25, 0.3) is 0 Å². The summed E-state index contributed by atoms with van der Waals surface area (Å²) >= 11 is 5.92. The Morgan fingerprint density at radius 2 is 1.91 bits per heavy atom. The molecule has 0 saturated heterocycles. The molecule has 2 aromatic rings. The Bertz CT molecular complexity index is 848. The lowest BCUT2D eigenvalue weighted by Gasteiger charge is -2.11. The first-order valence-corrected chi connectivity index (χ1v) is 7.97. The molecule has 0 aliphatic rings. The number of aryl methyl sites for hydroxylation is 1. The van der Waals surface area contributed by atoms with Gasteiger partial charge in [0.1, 0.15) is 10.6 Å². The predicted octanol–water partition coefficient (Wildman–Crippen LogP) is 3.40. The summed E-state index contributed by atoms with van der Waals surface area (Å²) in [5.41, 5.74) is 0.102. The van der Waals surface area contributed by atoms with E-state index in [1.54, 1.807) is 13.0 Å². The van der Waals surface area contributed by atoms with Gasteiger partial charge in [-0.1, -0.05) is 23.7 Å². The van der Waals surface area contributed by atoms with Crippen molar-refractivity contribution in [3.8, 4) is 5.75 Å². The zero-order valence-electron chi connectivity index (χ0n) is 11.7. The molecule has 0 aliphatic carbocycles. The number of hydrogen-bond acceptors (Lipinski definition) is 5. The third kappa shape index (κ3) is 2.77. The minimum Gasteiger partial charge on any atom is -0.495 e. The number of nitro groups is 1. The Morgan fingerprint density at radius 3 is 2.50 bits per heavy atom. The first kappa shape index (κ1) is 16.3. The molecule has 0 fully saturated rings. The molecule has 6 nitrogen and oxygen atoms in total. The molecule has 0 saturated carbocycles. The summed E-state index contributed by atoms with van der Waals surface area (Å²) in [5.74, 6) is 0.0971. The average Bonchev–Trinajstić information content (AvgIpc) is 2.46. The van der Waals surface area contributed by atoms with E-state index in [0.29, 0.717) is 5.56 Å². The van der Waals surface area contributed by atoms with Gasteiger partial charge in [0.25, 0.3) is 5.69 Å². The van der Waals surface area contributed by atoms with Gasteiger partial charge < -0.3 is 4.74 Å². The highest BCUT2D eigenvalue weighted by Crippen LogP contribution is 2.38.